The third-order valence-corrected chi connectivity index (χ3v) is 2.80. The first kappa shape index (κ1) is 10.3. The maximum atomic E-state index is 6.00. The summed E-state index contributed by atoms with van der Waals surface area (Å²) in [6.45, 7) is 2.10. The van der Waals surface area contributed by atoms with Crippen molar-refractivity contribution in [3.63, 3.8) is 0 Å². The van der Waals surface area contributed by atoms with Gasteiger partial charge >= 0.3 is 0 Å². The van der Waals surface area contributed by atoms with E-state index in [1.54, 1.807) is 0 Å². The number of halogens is 1. The van der Waals surface area contributed by atoms with Crippen molar-refractivity contribution in [2.24, 2.45) is 0 Å². The van der Waals surface area contributed by atoms with Crippen LogP contribution in [0.4, 0.5) is 0 Å². The van der Waals surface area contributed by atoms with Crippen molar-refractivity contribution in [3.8, 4) is 11.1 Å². The minimum atomic E-state index is 0.788. The van der Waals surface area contributed by atoms with Crippen molar-refractivity contribution in [2.45, 2.75) is 6.92 Å². The molecule has 0 heterocycles. The molecule has 74 valence electrons. The first-order valence-electron chi connectivity index (χ1n) is 5.00. The second-order valence-corrected chi connectivity index (χ2v) is 4.26. The molecule has 0 aliphatic heterocycles. The molecule has 2 aromatic carbocycles. The highest BCUT2D eigenvalue weighted by atomic mass is 35.5. The predicted molar refractivity (Wildman–Crippen MR) is 69.8 cm³/mol. The van der Waals surface area contributed by atoms with Crippen LogP contribution in [0, 0.1) is 6.92 Å². The lowest BCUT2D eigenvalue weighted by atomic mass is 9.92. The van der Waals surface area contributed by atoms with Crippen LogP contribution in [-0.2, 0) is 0 Å². The summed E-state index contributed by atoms with van der Waals surface area (Å²) in [4.78, 5) is 0. The van der Waals surface area contributed by atoms with E-state index in [0.29, 0.717) is 0 Å². The van der Waals surface area contributed by atoms with Gasteiger partial charge in [0.05, 0.1) is 0 Å². The molecule has 2 heteroatoms. The molecular weight excluding hydrogens is 202 g/mol. The first-order chi connectivity index (χ1) is 7.16. The highest BCUT2D eigenvalue weighted by Crippen LogP contribution is 2.25. The molecule has 0 saturated carbocycles. The number of benzene rings is 2. The van der Waals surface area contributed by atoms with E-state index in [-0.39, 0.29) is 0 Å². The molecule has 15 heavy (non-hydrogen) atoms. The topological polar surface area (TPSA) is 0 Å². The number of hydrogen-bond acceptors (Lipinski definition) is 0. The molecule has 0 N–H and O–H groups in total. The summed E-state index contributed by atoms with van der Waals surface area (Å²) in [5.41, 5.74) is 4.96. The van der Waals surface area contributed by atoms with Gasteiger partial charge in [-0.05, 0) is 35.7 Å². The van der Waals surface area contributed by atoms with E-state index in [2.05, 4.69) is 45.1 Å². The van der Waals surface area contributed by atoms with Gasteiger partial charge in [-0.15, -0.1) is 0 Å². The number of hydrogen-bond donors (Lipinski definition) is 0. The Hall–Kier alpha value is -1.21. The van der Waals surface area contributed by atoms with Crippen LogP contribution < -0.4 is 5.46 Å². The van der Waals surface area contributed by atoms with Gasteiger partial charge in [0, 0.05) is 5.02 Å². The highest BCUT2D eigenvalue weighted by Gasteiger charge is 2.01. The van der Waals surface area contributed by atoms with Crippen molar-refractivity contribution < 1.29 is 0 Å². The Morgan fingerprint density at radius 3 is 2.33 bits per heavy atom. The summed E-state index contributed by atoms with van der Waals surface area (Å²) in [5, 5.41) is 0.788. The Balaban J connectivity index is 2.53. The SMILES string of the molecule is Bc1ccc(-c2cc(Cl)ccc2C)cc1. The maximum Gasteiger partial charge on any atom is 0.139 e. The van der Waals surface area contributed by atoms with Gasteiger partial charge in [-0.1, -0.05) is 47.4 Å². The zero-order valence-electron chi connectivity index (χ0n) is 8.92. The highest BCUT2D eigenvalue weighted by molar-refractivity contribution is 6.32. The molecule has 0 saturated heterocycles. The standard InChI is InChI=1S/C13H12BCl/c1-9-2-7-12(15)8-13(9)10-3-5-11(14)6-4-10/h2-8H,14H2,1H3. The largest absolute Gasteiger partial charge is 0.139 e. The number of aryl methyl sites for hydroxylation is 1. The van der Waals surface area contributed by atoms with Gasteiger partial charge in [-0.2, -0.15) is 0 Å². The van der Waals surface area contributed by atoms with Crippen LogP contribution in [0.25, 0.3) is 11.1 Å². The van der Waals surface area contributed by atoms with Gasteiger partial charge in [0.15, 0.2) is 0 Å². The monoisotopic (exact) mass is 214 g/mol. The van der Waals surface area contributed by atoms with Gasteiger partial charge < -0.3 is 0 Å². The molecular formula is C13H12BCl. The summed E-state index contributed by atoms with van der Waals surface area (Å²) in [6, 6.07) is 14.5. The van der Waals surface area contributed by atoms with E-state index in [9.17, 15) is 0 Å². The molecule has 0 amide bonds. The maximum absolute atomic E-state index is 6.00. The normalized spacial score (nSPS) is 10.3. The van der Waals surface area contributed by atoms with Crippen molar-refractivity contribution >= 4 is 24.9 Å². The van der Waals surface area contributed by atoms with Crippen molar-refractivity contribution in [1.82, 2.24) is 0 Å². The first-order valence-corrected chi connectivity index (χ1v) is 5.38. The second kappa shape index (κ2) is 4.12. The van der Waals surface area contributed by atoms with Crippen LogP contribution in [0.1, 0.15) is 5.56 Å². The molecule has 2 aromatic rings. The summed E-state index contributed by atoms with van der Waals surface area (Å²) >= 11 is 6.00. The Bertz CT molecular complexity index is 474. The fraction of sp³-hybridized carbons (Fsp3) is 0.0769. The predicted octanol–water partition coefficient (Wildman–Crippen LogP) is 2.57. The fourth-order valence-corrected chi connectivity index (χ4v) is 1.81. The molecule has 0 bridgehead atoms. The van der Waals surface area contributed by atoms with Crippen LogP contribution in [-0.4, -0.2) is 7.85 Å². The molecule has 0 aromatic heterocycles. The van der Waals surface area contributed by atoms with Gasteiger partial charge in [0.1, 0.15) is 7.85 Å². The third-order valence-electron chi connectivity index (χ3n) is 2.56. The molecule has 2 rings (SSSR count). The third kappa shape index (κ3) is 2.24. The van der Waals surface area contributed by atoms with Crippen LogP contribution >= 0.6 is 11.6 Å². The fourth-order valence-electron chi connectivity index (χ4n) is 1.64. The summed E-state index contributed by atoms with van der Waals surface area (Å²) in [5.74, 6) is 0. The van der Waals surface area contributed by atoms with E-state index in [0.717, 1.165) is 5.02 Å². The zero-order chi connectivity index (χ0) is 10.8. The molecule has 0 spiro atoms. The molecule has 0 radical (unpaired) electrons. The van der Waals surface area contributed by atoms with E-state index in [1.165, 1.54) is 22.2 Å². The lowest BCUT2D eigenvalue weighted by molar-refractivity contribution is 1.46. The Morgan fingerprint density at radius 1 is 1.00 bits per heavy atom. The average molecular weight is 215 g/mol. The van der Waals surface area contributed by atoms with E-state index in [1.807, 2.05) is 12.1 Å². The van der Waals surface area contributed by atoms with Crippen LogP contribution in [0.15, 0.2) is 42.5 Å². The Labute approximate surface area is 96.3 Å². The molecule has 0 unspecified atom stereocenters. The van der Waals surface area contributed by atoms with Crippen LogP contribution in [0.5, 0.6) is 0 Å². The minimum Gasteiger partial charge on any atom is -0.0889 e. The molecule has 0 aliphatic rings. The smallest absolute Gasteiger partial charge is 0.0889 e. The number of rotatable bonds is 1. The minimum absolute atomic E-state index is 0.788. The van der Waals surface area contributed by atoms with Crippen molar-refractivity contribution in [3.05, 3.63) is 53.1 Å². The van der Waals surface area contributed by atoms with E-state index < -0.39 is 0 Å². The summed E-state index contributed by atoms with van der Waals surface area (Å²) in [7, 11) is 2.09. The Morgan fingerprint density at radius 2 is 1.67 bits per heavy atom. The second-order valence-electron chi connectivity index (χ2n) is 3.83. The van der Waals surface area contributed by atoms with Crippen molar-refractivity contribution in [1.29, 1.82) is 0 Å². The summed E-state index contributed by atoms with van der Waals surface area (Å²) < 4.78 is 0. The molecule has 0 nitrogen and oxygen atoms in total. The summed E-state index contributed by atoms with van der Waals surface area (Å²) in [6.07, 6.45) is 0. The lowest BCUT2D eigenvalue weighted by Gasteiger charge is -2.06. The Kier molecular flexibility index (Phi) is 2.83. The quantitative estimate of drug-likeness (QED) is 0.640. The van der Waals surface area contributed by atoms with E-state index in [4.69, 9.17) is 11.6 Å². The van der Waals surface area contributed by atoms with Gasteiger partial charge in [0.2, 0.25) is 0 Å². The lowest BCUT2D eigenvalue weighted by Crippen LogP contribution is -1.99. The van der Waals surface area contributed by atoms with Crippen LogP contribution in [0.2, 0.25) is 5.02 Å². The van der Waals surface area contributed by atoms with Crippen LogP contribution in [0.3, 0.4) is 0 Å². The van der Waals surface area contributed by atoms with Gasteiger partial charge in [-0.3, -0.25) is 0 Å². The average Bonchev–Trinajstić information content (AvgIpc) is 2.23. The van der Waals surface area contributed by atoms with E-state index >= 15 is 0 Å². The molecule has 0 atom stereocenters. The van der Waals surface area contributed by atoms with Crippen molar-refractivity contribution in [2.75, 3.05) is 0 Å². The van der Waals surface area contributed by atoms with Gasteiger partial charge in [0.25, 0.3) is 0 Å². The zero-order valence-corrected chi connectivity index (χ0v) is 9.68. The molecule has 0 fully saturated rings. The molecule has 0 aliphatic carbocycles. The van der Waals surface area contributed by atoms with Gasteiger partial charge in [-0.25, -0.2) is 0 Å².